The first-order valence-corrected chi connectivity index (χ1v) is 8.56. The molecule has 0 radical (unpaired) electrons. The molecule has 0 unspecified atom stereocenters. The van der Waals surface area contributed by atoms with Crippen molar-refractivity contribution in [2.24, 2.45) is 0 Å². The van der Waals surface area contributed by atoms with Gasteiger partial charge in [0.1, 0.15) is 12.3 Å². The zero-order valence-corrected chi connectivity index (χ0v) is 15.3. The number of aromatic nitrogens is 2. The van der Waals surface area contributed by atoms with Crippen LogP contribution in [0.15, 0.2) is 60.9 Å². The third-order valence-corrected chi connectivity index (χ3v) is 3.93. The van der Waals surface area contributed by atoms with Crippen LogP contribution < -0.4 is 14.8 Å². The van der Waals surface area contributed by atoms with Crippen molar-refractivity contribution >= 4 is 5.91 Å². The van der Waals surface area contributed by atoms with E-state index in [2.05, 4.69) is 15.3 Å². The number of amides is 1. The first-order valence-electron chi connectivity index (χ1n) is 8.56. The molecule has 1 aromatic heterocycles. The van der Waals surface area contributed by atoms with Gasteiger partial charge in [-0.1, -0.05) is 36.4 Å². The zero-order valence-electron chi connectivity index (χ0n) is 15.3. The van der Waals surface area contributed by atoms with Gasteiger partial charge in [0.2, 0.25) is 0 Å². The molecule has 3 rings (SSSR count). The summed E-state index contributed by atoms with van der Waals surface area (Å²) in [5.74, 6) is 1.000. The second-order valence-electron chi connectivity index (χ2n) is 5.99. The summed E-state index contributed by atoms with van der Waals surface area (Å²) in [7, 11) is 1.59. The number of rotatable bonds is 7. The molecule has 0 aliphatic carbocycles. The van der Waals surface area contributed by atoms with Crippen LogP contribution in [0.1, 0.15) is 27.3 Å². The average Bonchev–Trinajstić information content (AvgIpc) is 2.72. The summed E-state index contributed by atoms with van der Waals surface area (Å²) in [4.78, 5) is 20.3. The fourth-order valence-electron chi connectivity index (χ4n) is 2.46. The van der Waals surface area contributed by atoms with Gasteiger partial charge in [0, 0.05) is 12.7 Å². The highest BCUT2D eigenvalue weighted by Crippen LogP contribution is 2.28. The van der Waals surface area contributed by atoms with Crippen molar-refractivity contribution in [2.75, 3.05) is 7.11 Å². The Hall–Kier alpha value is -3.41. The lowest BCUT2D eigenvalue weighted by atomic mass is 10.2. The molecule has 1 N–H and O–H groups in total. The smallest absolute Gasteiger partial charge is 0.271 e. The Morgan fingerprint density at radius 1 is 1.00 bits per heavy atom. The topological polar surface area (TPSA) is 73.3 Å². The van der Waals surface area contributed by atoms with Gasteiger partial charge in [-0.05, 0) is 30.2 Å². The number of nitrogens with one attached hydrogen (secondary N) is 1. The normalized spacial score (nSPS) is 10.3. The maximum atomic E-state index is 12.1. The largest absolute Gasteiger partial charge is 0.493 e. The molecular weight excluding hydrogens is 342 g/mol. The van der Waals surface area contributed by atoms with Crippen LogP contribution in [0, 0.1) is 6.92 Å². The molecule has 0 saturated carbocycles. The number of aryl methyl sites for hydroxylation is 1. The highest BCUT2D eigenvalue weighted by Gasteiger charge is 2.10. The van der Waals surface area contributed by atoms with E-state index in [1.54, 1.807) is 13.3 Å². The molecule has 0 aliphatic heterocycles. The molecule has 1 amide bonds. The molecule has 6 nitrogen and oxygen atoms in total. The number of carbonyl (C=O) groups excluding carboxylic acids is 1. The number of ether oxygens (including phenoxy) is 2. The lowest BCUT2D eigenvalue weighted by molar-refractivity contribution is 0.0945. The molecular formula is C21H21N3O3. The first kappa shape index (κ1) is 18.4. The second kappa shape index (κ2) is 8.80. The number of methoxy groups -OCH3 is 1. The van der Waals surface area contributed by atoms with Gasteiger partial charge in [-0.3, -0.25) is 9.78 Å². The van der Waals surface area contributed by atoms with Crippen molar-refractivity contribution in [2.45, 2.75) is 20.1 Å². The van der Waals surface area contributed by atoms with Gasteiger partial charge >= 0.3 is 0 Å². The molecule has 0 bridgehead atoms. The van der Waals surface area contributed by atoms with E-state index in [0.717, 1.165) is 16.8 Å². The second-order valence-corrected chi connectivity index (χ2v) is 5.99. The van der Waals surface area contributed by atoms with Gasteiger partial charge in [-0.25, -0.2) is 4.98 Å². The highest BCUT2D eigenvalue weighted by atomic mass is 16.5. The summed E-state index contributed by atoms with van der Waals surface area (Å²) in [6.45, 7) is 2.63. The van der Waals surface area contributed by atoms with Crippen molar-refractivity contribution in [1.82, 2.24) is 15.3 Å². The quantitative estimate of drug-likeness (QED) is 0.697. The van der Waals surface area contributed by atoms with Gasteiger partial charge in [0.15, 0.2) is 11.5 Å². The van der Waals surface area contributed by atoms with Crippen LogP contribution in [-0.4, -0.2) is 23.0 Å². The summed E-state index contributed by atoms with van der Waals surface area (Å²) < 4.78 is 11.3. The minimum atomic E-state index is -0.272. The summed E-state index contributed by atoms with van der Waals surface area (Å²) in [5.41, 5.74) is 3.03. The Labute approximate surface area is 158 Å². The minimum Gasteiger partial charge on any atom is -0.493 e. The fraction of sp³-hybridized carbons (Fsp3) is 0.190. The lowest BCUT2D eigenvalue weighted by Crippen LogP contribution is -2.24. The van der Waals surface area contributed by atoms with Gasteiger partial charge < -0.3 is 14.8 Å². The van der Waals surface area contributed by atoms with E-state index in [1.165, 1.54) is 6.20 Å². The van der Waals surface area contributed by atoms with Crippen molar-refractivity contribution < 1.29 is 14.3 Å². The summed E-state index contributed by atoms with van der Waals surface area (Å²) in [5, 5.41) is 2.83. The molecule has 0 fully saturated rings. The van der Waals surface area contributed by atoms with Crippen LogP contribution in [0.3, 0.4) is 0 Å². The van der Waals surface area contributed by atoms with Crippen LogP contribution in [0.5, 0.6) is 11.5 Å². The van der Waals surface area contributed by atoms with Crippen molar-refractivity contribution in [3.63, 3.8) is 0 Å². The third-order valence-electron chi connectivity index (χ3n) is 3.93. The van der Waals surface area contributed by atoms with Crippen LogP contribution in [0.4, 0.5) is 0 Å². The van der Waals surface area contributed by atoms with E-state index in [9.17, 15) is 4.79 Å². The molecule has 0 atom stereocenters. The van der Waals surface area contributed by atoms with E-state index in [0.29, 0.717) is 24.7 Å². The third kappa shape index (κ3) is 5.04. The Morgan fingerprint density at radius 3 is 2.52 bits per heavy atom. The molecule has 1 heterocycles. The van der Waals surface area contributed by atoms with Crippen LogP contribution >= 0.6 is 0 Å². The van der Waals surface area contributed by atoms with E-state index >= 15 is 0 Å². The van der Waals surface area contributed by atoms with Crippen molar-refractivity contribution in [1.29, 1.82) is 0 Å². The zero-order chi connectivity index (χ0) is 19.1. The predicted octanol–water partition coefficient (Wildman–Crippen LogP) is 3.30. The Balaban J connectivity index is 1.61. The van der Waals surface area contributed by atoms with Gasteiger partial charge in [-0.15, -0.1) is 0 Å². The lowest BCUT2D eigenvalue weighted by Gasteiger charge is -2.13. The van der Waals surface area contributed by atoms with Gasteiger partial charge in [-0.2, -0.15) is 0 Å². The number of benzene rings is 2. The molecule has 138 valence electrons. The summed E-state index contributed by atoms with van der Waals surface area (Å²) >= 11 is 0. The minimum absolute atomic E-state index is 0.272. The molecule has 2 aromatic carbocycles. The molecule has 0 aliphatic rings. The van der Waals surface area contributed by atoms with E-state index in [-0.39, 0.29) is 11.6 Å². The summed E-state index contributed by atoms with van der Waals surface area (Å²) in [6, 6.07) is 15.5. The van der Waals surface area contributed by atoms with Gasteiger partial charge in [0.25, 0.3) is 5.91 Å². The van der Waals surface area contributed by atoms with E-state index in [1.807, 2.05) is 55.5 Å². The Morgan fingerprint density at radius 2 is 1.81 bits per heavy atom. The number of carbonyl (C=O) groups is 1. The maximum absolute atomic E-state index is 12.1. The Bertz CT molecular complexity index is 896. The molecule has 6 heteroatoms. The van der Waals surface area contributed by atoms with E-state index in [4.69, 9.17) is 9.47 Å². The molecule has 0 saturated heterocycles. The molecule has 27 heavy (non-hydrogen) atoms. The van der Waals surface area contributed by atoms with Crippen LogP contribution in [-0.2, 0) is 13.2 Å². The predicted molar refractivity (Wildman–Crippen MR) is 102 cm³/mol. The van der Waals surface area contributed by atoms with Crippen LogP contribution in [0.2, 0.25) is 0 Å². The summed E-state index contributed by atoms with van der Waals surface area (Å²) in [6.07, 6.45) is 3.03. The van der Waals surface area contributed by atoms with Crippen molar-refractivity contribution in [3.8, 4) is 11.5 Å². The monoisotopic (exact) mass is 363 g/mol. The highest BCUT2D eigenvalue weighted by molar-refractivity contribution is 5.91. The van der Waals surface area contributed by atoms with Crippen LogP contribution in [0.25, 0.3) is 0 Å². The number of hydrogen-bond donors (Lipinski definition) is 1. The molecule has 0 spiro atoms. The van der Waals surface area contributed by atoms with E-state index < -0.39 is 0 Å². The maximum Gasteiger partial charge on any atom is 0.271 e. The Kier molecular flexibility index (Phi) is 5.99. The van der Waals surface area contributed by atoms with Gasteiger partial charge in [0.05, 0.1) is 19.0 Å². The van der Waals surface area contributed by atoms with Crippen molar-refractivity contribution in [3.05, 3.63) is 83.4 Å². The molecule has 3 aromatic rings. The first-order chi connectivity index (χ1) is 13.2. The standard InChI is InChI=1S/C21H21N3O3/c1-15-11-23-18(13-22-15)21(25)24-12-17-8-9-19(20(10-17)26-2)27-14-16-6-4-3-5-7-16/h3-11,13H,12,14H2,1-2H3,(H,24,25). The number of nitrogens with zero attached hydrogens (tertiary/aromatic N) is 2. The average molecular weight is 363 g/mol. The fourth-order valence-corrected chi connectivity index (χ4v) is 2.46. The SMILES string of the molecule is COc1cc(CNC(=O)c2cnc(C)cn2)ccc1OCc1ccccc1. The number of hydrogen-bond acceptors (Lipinski definition) is 5.